The third-order valence-corrected chi connectivity index (χ3v) is 10.6. The molecule has 1 unspecified atom stereocenters. The maximum absolute atomic E-state index is 13.6. The van der Waals surface area contributed by atoms with Crippen LogP contribution in [0.5, 0.6) is 5.75 Å². The summed E-state index contributed by atoms with van der Waals surface area (Å²) in [4.78, 5) is 8.01. The predicted octanol–water partition coefficient (Wildman–Crippen LogP) is 7.41. The van der Waals surface area contributed by atoms with Crippen LogP contribution in [0, 0.1) is 6.92 Å². The van der Waals surface area contributed by atoms with E-state index in [0.717, 1.165) is 35.0 Å². The van der Waals surface area contributed by atoms with Gasteiger partial charge in [0, 0.05) is 34.7 Å². The molecular formula is C32H32F3N4O3P. The Balaban J connectivity index is 1.47. The first-order valence-corrected chi connectivity index (χ1v) is 16.6. The normalized spacial score (nSPS) is 15.9. The number of aromatic amines is 1. The van der Waals surface area contributed by atoms with Gasteiger partial charge < -0.3 is 19.4 Å². The number of alkyl halides is 3. The summed E-state index contributed by atoms with van der Waals surface area (Å²) < 4.78 is 59.7. The number of fused-ring (bicyclic) bond motifs is 1. The van der Waals surface area contributed by atoms with E-state index in [2.05, 4.69) is 9.72 Å². The molecule has 2 heterocycles. The summed E-state index contributed by atoms with van der Waals surface area (Å²) in [6, 6.07) is 19.6. The molecule has 5 aromatic rings. The maximum Gasteiger partial charge on any atom is 0.573 e. The molecule has 11 heteroatoms. The van der Waals surface area contributed by atoms with Gasteiger partial charge in [0.25, 0.3) is 0 Å². The standard InChI is InChI=1S/C32H32F3N4O3P/c1-4-43(3,41)22-15-16-25(27(18-22)42-32(33,34)35)39-19(2)28(21-13-14-21)30(38-39)23-11-8-12-24-29(23)37-31(36-24)26(40)17-20-9-6-5-7-10-20/h5-12,15-16,18,21,26,40H,4,13-14,17H2,1-3H3,(H,36,37)/t26-,43?/m0/s1. The van der Waals surface area contributed by atoms with E-state index in [9.17, 15) is 22.8 Å². The van der Waals surface area contributed by atoms with E-state index in [1.807, 2.05) is 55.5 Å². The number of aromatic nitrogens is 4. The number of para-hydroxylation sites is 1. The average molecular weight is 609 g/mol. The number of hydrogen-bond acceptors (Lipinski definition) is 5. The Morgan fingerprint density at radius 3 is 2.53 bits per heavy atom. The van der Waals surface area contributed by atoms with Gasteiger partial charge >= 0.3 is 6.36 Å². The second kappa shape index (κ2) is 11.0. The van der Waals surface area contributed by atoms with E-state index in [1.165, 1.54) is 16.8 Å². The third kappa shape index (κ3) is 5.86. The molecule has 1 aliphatic carbocycles. The minimum atomic E-state index is -4.95. The molecule has 0 saturated heterocycles. The lowest BCUT2D eigenvalue weighted by atomic mass is 10.0. The van der Waals surface area contributed by atoms with Crippen LogP contribution in [0.3, 0.4) is 0 Å². The number of H-pyrrole nitrogens is 1. The van der Waals surface area contributed by atoms with Crippen molar-refractivity contribution in [2.24, 2.45) is 0 Å². The molecule has 2 N–H and O–H groups in total. The van der Waals surface area contributed by atoms with E-state index in [-0.39, 0.29) is 11.6 Å². The smallest absolute Gasteiger partial charge is 0.403 e. The highest BCUT2D eigenvalue weighted by molar-refractivity contribution is 7.70. The number of rotatable bonds is 9. The van der Waals surface area contributed by atoms with Crippen LogP contribution in [0.4, 0.5) is 13.2 Å². The molecule has 224 valence electrons. The Bertz CT molecular complexity index is 1840. The van der Waals surface area contributed by atoms with Crippen molar-refractivity contribution < 1.29 is 27.6 Å². The molecule has 0 amide bonds. The van der Waals surface area contributed by atoms with Crippen molar-refractivity contribution in [2.45, 2.75) is 51.5 Å². The van der Waals surface area contributed by atoms with Gasteiger partial charge in [-0.3, -0.25) is 0 Å². The fourth-order valence-electron chi connectivity index (χ4n) is 5.50. The van der Waals surface area contributed by atoms with Crippen LogP contribution in [-0.4, -0.2) is 44.0 Å². The number of ether oxygens (including phenoxy) is 1. The van der Waals surface area contributed by atoms with Gasteiger partial charge in [0.1, 0.15) is 24.8 Å². The summed E-state index contributed by atoms with van der Waals surface area (Å²) in [5.74, 6) is 0.180. The summed E-state index contributed by atoms with van der Waals surface area (Å²) in [7, 11) is -2.86. The van der Waals surface area contributed by atoms with Crippen molar-refractivity contribution in [1.82, 2.24) is 19.7 Å². The number of aliphatic hydroxyl groups is 1. The Morgan fingerprint density at radius 1 is 1.12 bits per heavy atom. The number of halogens is 3. The lowest BCUT2D eigenvalue weighted by molar-refractivity contribution is -0.274. The van der Waals surface area contributed by atoms with Crippen molar-refractivity contribution >= 4 is 23.5 Å². The lowest BCUT2D eigenvalue weighted by Gasteiger charge is -2.18. The Hall–Kier alpha value is -3.88. The van der Waals surface area contributed by atoms with Gasteiger partial charge in [0.15, 0.2) is 5.75 Å². The number of nitrogens with one attached hydrogen (secondary N) is 1. The Labute approximate surface area is 247 Å². The molecule has 0 radical (unpaired) electrons. The lowest BCUT2D eigenvalue weighted by Crippen LogP contribution is -2.20. The SMILES string of the molecule is CCP(C)(=O)c1ccc(-n2nc(-c3cccc4[nH]c([C@@H](O)Cc5ccccc5)nc34)c(C3CC3)c2C)c(OC(F)(F)F)c1. The summed E-state index contributed by atoms with van der Waals surface area (Å²) in [6.45, 7) is 5.13. The van der Waals surface area contributed by atoms with E-state index < -0.39 is 25.4 Å². The molecule has 1 fully saturated rings. The van der Waals surface area contributed by atoms with Crippen LogP contribution in [0.2, 0.25) is 0 Å². The molecular weight excluding hydrogens is 576 g/mol. The Morgan fingerprint density at radius 2 is 1.86 bits per heavy atom. The number of aliphatic hydroxyl groups excluding tert-OH is 1. The van der Waals surface area contributed by atoms with Crippen molar-refractivity contribution in [2.75, 3.05) is 12.8 Å². The first-order chi connectivity index (χ1) is 20.4. The first kappa shape index (κ1) is 29.2. The second-order valence-corrected chi connectivity index (χ2v) is 14.5. The van der Waals surface area contributed by atoms with E-state index in [0.29, 0.717) is 40.6 Å². The van der Waals surface area contributed by atoms with Gasteiger partial charge in [0.05, 0.1) is 16.7 Å². The van der Waals surface area contributed by atoms with Gasteiger partial charge in [-0.1, -0.05) is 49.4 Å². The summed E-state index contributed by atoms with van der Waals surface area (Å²) in [6.07, 6.45) is -3.22. The Kier molecular flexibility index (Phi) is 7.47. The minimum Gasteiger partial charge on any atom is -0.403 e. The second-order valence-electron chi connectivity index (χ2n) is 11.2. The van der Waals surface area contributed by atoms with Gasteiger partial charge in [-0.2, -0.15) is 5.10 Å². The first-order valence-electron chi connectivity index (χ1n) is 14.2. The number of imidazole rings is 1. The van der Waals surface area contributed by atoms with Gasteiger partial charge in [-0.25, -0.2) is 9.67 Å². The zero-order valence-corrected chi connectivity index (χ0v) is 24.9. The zero-order valence-electron chi connectivity index (χ0n) is 24.0. The molecule has 0 spiro atoms. The summed E-state index contributed by atoms with van der Waals surface area (Å²) >= 11 is 0. The molecule has 3 aromatic carbocycles. The highest BCUT2D eigenvalue weighted by Crippen LogP contribution is 2.48. The fourth-order valence-corrected chi connectivity index (χ4v) is 6.65. The topological polar surface area (TPSA) is 93.0 Å². The molecule has 2 atom stereocenters. The van der Waals surface area contributed by atoms with Crippen LogP contribution in [0.1, 0.15) is 54.4 Å². The molecule has 1 saturated carbocycles. The summed E-state index contributed by atoms with van der Waals surface area (Å²) in [5.41, 5.74) is 5.40. The van der Waals surface area contributed by atoms with Crippen LogP contribution in [0.25, 0.3) is 28.0 Å². The highest BCUT2D eigenvalue weighted by Gasteiger charge is 2.36. The minimum absolute atomic E-state index is 0.107. The van der Waals surface area contributed by atoms with E-state index >= 15 is 0 Å². The van der Waals surface area contributed by atoms with Crippen LogP contribution >= 0.6 is 7.14 Å². The molecule has 0 bridgehead atoms. The number of benzene rings is 3. The van der Waals surface area contributed by atoms with Crippen molar-refractivity contribution in [3.05, 3.63) is 89.4 Å². The fraction of sp³-hybridized carbons (Fsp3) is 0.312. The average Bonchev–Trinajstić information content (AvgIpc) is 3.60. The van der Waals surface area contributed by atoms with Gasteiger partial charge in [0.2, 0.25) is 0 Å². The van der Waals surface area contributed by atoms with Gasteiger partial charge in [-0.05, 0) is 62.2 Å². The van der Waals surface area contributed by atoms with E-state index in [4.69, 9.17) is 10.1 Å². The zero-order chi connectivity index (χ0) is 30.5. The van der Waals surface area contributed by atoms with Crippen molar-refractivity contribution in [3.63, 3.8) is 0 Å². The molecule has 2 aromatic heterocycles. The van der Waals surface area contributed by atoms with E-state index in [1.54, 1.807) is 19.7 Å². The molecule has 7 nitrogen and oxygen atoms in total. The van der Waals surface area contributed by atoms with Crippen molar-refractivity contribution in [3.8, 4) is 22.7 Å². The number of hydrogen-bond donors (Lipinski definition) is 2. The van der Waals surface area contributed by atoms with Gasteiger partial charge in [-0.15, -0.1) is 13.2 Å². The summed E-state index contributed by atoms with van der Waals surface area (Å²) in [5, 5.41) is 16.2. The number of nitrogens with zero attached hydrogens (tertiary/aromatic N) is 3. The van der Waals surface area contributed by atoms with Crippen molar-refractivity contribution in [1.29, 1.82) is 0 Å². The van der Waals surface area contributed by atoms with Crippen LogP contribution < -0.4 is 10.0 Å². The monoisotopic (exact) mass is 608 g/mol. The molecule has 0 aliphatic heterocycles. The van der Waals surface area contributed by atoms with Crippen LogP contribution in [-0.2, 0) is 11.0 Å². The predicted molar refractivity (Wildman–Crippen MR) is 161 cm³/mol. The highest BCUT2D eigenvalue weighted by atomic mass is 31.2. The largest absolute Gasteiger partial charge is 0.573 e. The molecule has 1 aliphatic rings. The third-order valence-electron chi connectivity index (χ3n) is 8.07. The van der Waals surface area contributed by atoms with Crippen LogP contribution in [0.15, 0.2) is 66.7 Å². The quantitative estimate of drug-likeness (QED) is 0.170. The maximum atomic E-state index is 13.6. The molecule has 6 rings (SSSR count). The molecule has 43 heavy (non-hydrogen) atoms.